The summed E-state index contributed by atoms with van der Waals surface area (Å²) in [5.41, 5.74) is 2.92. The van der Waals surface area contributed by atoms with Gasteiger partial charge in [-0.1, -0.05) is 0 Å². The first-order valence-electron chi connectivity index (χ1n) is 5.20. The second-order valence-electron chi connectivity index (χ2n) is 3.93. The van der Waals surface area contributed by atoms with Gasteiger partial charge in [0, 0.05) is 31.9 Å². The Hall–Kier alpha value is -1.20. The summed E-state index contributed by atoms with van der Waals surface area (Å²) >= 11 is 0. The van der Waals surface area contributed by atoms with E-state index in [0.717, 1.165) is 36.4 Å². The Morgan fingerprint density at radius 1 is 1.38 bits per heavy atom. The SMILES string of the molecule is Cl.Cn1nc(C2CCNC2)c2nccnc21. The highest BCUT2D eigenvalue weighted by molar-refractivity contribution is 5.85. The molecule has 2 aromatic heterocycles. The first-order chi connectivity index (χ1) is 7.36. The summed E-state index contributed by atoms with van der Waals surface area (Å²) in [6.45, 7) is 2.08. The van der Waals surface area contributed by atoms with E-state index in [2.05, 4.69) is 20.4 Å². The molecule has 1 N–H and O–H groups in total. The lowest BCUT2D eigenvalue weighted by Gasteiger charge is -2.02. The van der Waals surface area contributed by atoms with E-state index in [1.54, 1.807) is 12.4 Å². The van der Waals surface area contributed by atoms with Gasteiger partial charge < -0.3 is 5.32 Å². The van der Waals surface area contributed by atoms with Crippen molar-refractivity contribution in [2.75, 3.05) is 13.1 Å². The molecule has 0 aromatic carbocycles. The third-order valence-electron chi connectivity index (χ3n) is 2.93. The zero-order valence-electron chi connectivity index (χ0n) is 9.05. The average molecular weight is 240 g/mol. The lowest BCUT2D eigenvalue weighted by molar-refractivity contribution is 0.687. The zero-order valence-corrected chi connectivity index (χ0v) is 9.87. The van der Waals surface area contributed by atoms with E-state index in [-0.39, 0.29) is 12.4 Å². The number of hydrogen-bond donors (Lipinski definition) is 1. The molecule has 16 heavy (non-hydrogen) atoms. The molecule has 1 saturated heterocycles. The quantitative estimate of drug-likeness (QED) is 0.802. The van der Waals surface area contributed by atoms with Crippen LogP contribution in [0.4, 0.5) is 0 Å². The summed E-state index contributed by atoms with van der Waals surface area (Å²) < 4.78 is 1.82. The van der Waals surface area contributed by atoms with Crippen LogP contribution in [-0.2, 0) is 7.05 Å². The smallest absolute Gasteiger partial charge is 0.176 e. The van der Waals surface area contributed by atoms with Crippen LogP contribution in [0.25, 0.3) is 11.2 Å². The fraction of sp³-hybridized carbons (Fsp3) is 0.500. The van der Waals surface area contributed by atoms with Crippen LogP contribution in [0.1, 0.15) is 18.0 Å². The molecule has 5 nitrogen and oxygen atoms in total. The Kier molecular flexibility index (Phi) is 3.07. The molecule has 1 atom stereocenters. The van der Waals surface area contributed by atoms with E-state index >= 15 is 0 Å². The molecule has 3 rings (SSSR count). The van der Waals surface area contributed by atoms with Crippen LogP contribution in [0.15, 0.2) is 12.4 Å². The van der Waals surface area contributed by atoms with Gasteiger partial charge in [0.2, 0.25) is 0 Å². The fourth-order valence-corrected chi connectivity index (χ4v) is 2.17. The molecule has 0 saturated carbocycles. The van der Waals surface area contributed by atoms with Gasteiger partial charge >= 0.3 is 0 Å². The van der Waals surface area contributed by atoms with Crippen molar-refractivity contribution < 1.29 is 0 Å². The summed E-state index contributed by atoms with van der Waals surface area (Å²) in [6, 6.07) is 0. The van der Waals surface area contributed by atoms with Crippen LogP contribution >= 0.6 is 12.4 Å². The summed E-state index contributed by atoms with van der Waals surface area (Å²) in [6.07, 6.45) is 4.58. The van der Waals surface area contributed by atoms with Crippen molar-refractivity contribution in [3.05, 3.63) is 18.1 Å². The standard InChI is InChI=1S/C10H13N5.ClH/c1-15-10-9(12-4-5-13-10)8(14-15)7-2-3-11-6-7;/h4-5,7,11H,2-3,6H2,1H3;1H. The minimum Gasteiger partial charge on any atom is -0.316 e. The summed E-state index contributed by atoms with van der Waals surface area (Å²) in [5, 5.41) is 7.87. The highest BCUT2D eigenvalue weighted by Gasteiger charge is 2.23. The lowest BCUT2D eigenvalue weighted by Crippen LogP contribution is -2.08. The second kappa shape index (κ2) is 4.35. The van der Waals surface area contributed by atoms with E-state index < -0.39 is 0 Å². The van der Waals surface area contributed by atoms with Crippen molar-refractivity contribution in [2.24, 2.45) is 7.05 Å². The molecular weight excluding hydrogens is 226 g/mol. The minimum atomic E-state index is 0. The number of aromatic nitrogens is 4. The molecule has 1 aliphatic heterocycles. The van der Waals surface area contributed by atoms with Gasteiger partial charge in [0.05, 0.1) is 5.69 Å². The summed E-state index contributed by atoms with van der Waals surface area (Å²) in [5.74, 6) is 0.491. The lowest BCUT2D eigenvalue weighted by atomic mass is 10.0. The topological polar surface area (TPSA) is 55.6 Å². The molecule has 0 bridgehead atoms. The summed E-state index contributed by atoms with van der Waals surface area (Å²) in [7, 11) is 1.92. The Labute approximate surface area is 99.7 Å². The molecule has 1 fully saturated rings. The number of aryl methyl sites for hydroxylation is 1. The van der Waals surface area contributed by atoms with Crippen LogP contribution < -0.4 is 5.32 Å². The Morgan fingerprint density at radius 3 is 2.94 bits per heavy atom. The molecule has 6 heteroatoms. The van der Waals surface area contributed by atoms with E-state index in [0.29, 0.717) is 5.92 Å². The maximum atomic E-state index is 4.52. The fourth-order valence-electron chi connectivity index (χ4n) is 2.17. The second-order valence-corrected chi connectivity index (χ2v) is 3.93. The number of halogens is 1. The number of hydrogen-bond acceptors (Lipinski definition) is 4. The monoisotopic (exact) mass is 239 g/mol. The molecule has 0 amide bonds. The van der Waals surface area contributed by atoms with Gasteiger partial charge in [0.25, 0.3) is 0 Å². The summed E-state index contributed by atoms with van der Waals surface area (Å²) in [4.78, 5) is 8.66. The molecule has 0 spiro atoms. The highest BCUT2D eigenvalue weighted by atomic mass is 35.5. The van der Waals surface area contributed by atoms with Crippen LogP contribution in [0, 0.1) is 0 Å². The van der Waals surface area contributed by atoms with Gasteiger partial charge in [0.15, 0.2) is 5.65 Å². The van der Waals surface area contributed by atoms with E-state index in [1.165, 1.54) is 0 Å². The minimum absolute atomic E-state index is 0. The largest absolute Gasteiger partial charge is 0.316 e. The van der Waals surface area contributed by atoms with Crippen molar-refractivity contribution >= 4 is 23.6 Å². The number of rotatable bonds is 1. The molecule has 1 aliphatic rings. The van der Waals surface area contributed by atoms with Crippen molar-refractivity contribution in [3.63, 3.8) is 0 Å². The van der Waals surface area contributed by atoms with Crippen molar-refractivity contribution in [3.8, 4) is 0 Å². The zero-order chi connectivity index (χ0) is 10.3. The number of fused-ring (bicyclic) bond motifs is 1. The number of nitrogens with zero attached hydrogens (tertiary/aromatic N) is 4. The van der Waals surface area contributed by atoms with Crippen LogP contribution in [-0.4, -0.2) is 32.8 Å². The molecule has 0 aliphatic carbocycles. The first kappa shape index (κ1) is 11.3. The molecule has 86 valence electrons. The Morgan fingerprint density at radius 2 is 2.19 bits per heavy atom. The van der Waals surface area contributed by atoms with Crippen molar-refractivity contribution in [1.82, 2.24) is 25.1 Å². The first-order valence-corrected chi connectivity index (χ1v) is 5.20. The highest BCUT2D eigenvalue weighted by Crippen LogP contribution is 2.25. The van der Waals surface area contributed by atoms with E-state index in [9.17, 15) is 0 Å². The van der Waals surface area contributed by atoms with Gasteiger partial charge in [0.1, 0.15) is 5.52 Å². The maximum absolute atomic E-state index is 4.52. The Bertz CT molecular complexity index is 489. The van der Waals surface area contributed by atoms with Gasteiger partial charge in [-0.2, -0.15) is 5.10 Å². The van der Waals surface area contributed by atoms with Crippen LogP contribution in [0.5, 0.6) is 0 Å². The van der Waals surface area contributed by atoms with Gasteiger partial charge in [-0.05, 0) is 13.0 Å². The predicted molar refractivity (Wildman–Crippen MR) is 63.8 cm³/mol. The molecule has 3 heterocycles. The number of nitrogens with one attached hydrogen (secondary N) is 1. The van der Waals surface area contributed by atoms with Crippen molar-refractivity contribution in [1.29, 1.82) is 0 Å². The molecular formula is C10H14ClN5. The van der Waals surface area contributed by atoms with E-state index in [1.807, 2.05) is 11.7 Å². The van der Waals surface area contributed by atoms with Crippen LogP contribution in [0.3, 0.4) is 0 Å². The van der Waals surface area contributed by atoms with Crippen LogP contribution in [0.2, 0.25) is 0 Å². The molecule has 0 radical (unpaired) electrons. The third-order valence-corrected chi connectivity index (χ3v) is 2.93. The van der Waals surface area contributed by atoms with Crippen molar-refractivity contribution in [2.45, 2.75) is 12.3 Å². The normalized spacial score (nSPS) is 19.9. The third kappa shape index (κ3) is 1.66. The van der Waals surface area contributed by atoms with Gasteiger partial charge in [-0.25, -0.2) is 14.6 Å². The van der Waals surface area contributed by atoms with Gasteiger partial charge in [-0.15, -0.1) is 12.4 Å². The maximum Gasteiger partial charge on any atom is 0.176 e. The Balaban J connectivity index is 0.000000963. The van der Waals surface area contributed by atoms with E-state index in [4.69, 9.17) is 0 Å². The molecule has 2 aromatic rings. The van der Waals surface area contributed by atoms with Gasteiger partial charge in [-0.3, -0.25) is 0 Å². The predicted octanol–water partition coefficient (Wildman–Crippen LogP) is 0.862. The molecule has 1 unspecified atom stereocenters. The average Bonchev–Trinajstić information content (AvgIpc) is 2.87.